The fraction of sp³-hybridized carbons (Fsp3) is 0.889. The van der Waals surface area contributed by atoms with Crippen molar-refractivity contribution in [1.82, 2.24) is 5.32 Å². The topological polar surface area (TPSA) is 38.3 Å². The van der Waals surface area contributed by atoms with E-state index in [-0.39, 0.29) is 12.2 Å². The highest BCUT2D eigenvalue weighted by molar-refractivity contribution is 5.67. The molecule has 1 N–H and O–H groups in total. The Morgan fingerprint density at radius 3 is 3.00 bits per heavy atom. The summed E-state index contributed by atoms with van der Waals surface area (Å²) in [5.74, 6) is 0.623. The smallest absolute Gasteiger partial charge is 0.407 e. The second-order valence-corrected chi connectivity index (χ2v) is 3.70. The Bertz CT molecular complexity index is 181. The van der Waals surface area contributed by atoms with Gasteiger partial charge in [-0.3, -0.25) is 0 Å². The molecule has 1 heterocycles. The van der Waals surface area contributed by atoms with Crippen molar-refractivity contribution in [3.05, 3.63) is 0 Å². The maximum atomic E-state index is 11.0. The van der Waals surface area contributed by atoms with Crippen LogP contribution in [0.1, 0.15) is 32.1 Å². The Balaban J connectivity index is 2.01. The highest BCUT2D eigenvalue weighted by Gasteiger charge is 2.30. The van der Waals surface area contributed by atoms with Crippen LogP contribution in [0.15, 0.2) is 0 Å². The number of amides is 1. The van der Waals surface area contributed by atoms with Crippen LogP contribution < -0.4 is 5.32 Å². The van der Waals surface area contributed by atoms with Gasteiger partial charge in [-0.15, -0.1) is 0 Å². The Morgan fingerprint density at radius 1 is 1.25 bits per heavy atom. The van der Waals surface area contributed by atoms with E-state index < -0.39 is 0 Å². The van der Waals surface area contributed by atoms with Crippen molar-refractivity contribution in [1.29, 1.82) is 0 Å². The first-order valence-electron chi connectivity index (χ1n) is 4.81. The zero-order chi connectivity index (χ0) is 8.39. The molecule has 2 unspecified atom stereocenters. The van der Waals surface area contributed by atoms with Gasteiger partial charge in [0.1, 0.15) is 6.10 Å². The second-order valence-electron chi connectivity index (χ2n) is 3.70. The van der Waals surface area contributed by atoms with Crippen molar-refractivity contribution in [2.45, 2.75) is 38.2 Å². The second kappa shape index (κ2) is 3.33. The van der Waals surface area contributed by atoms with Crippen molar-refractivity contribution in [3.63, 3.8) is 0 Å². The Kier molecular flexibility index (Phi) is 2.19. The van der Waals surface area contributed by atoms with Crippen LogP contribution in [0.5, 0.6) is 0 Å². The van der Waals surface area contributed by atoms with E-state index in [4.69, 9.17) is 4.74 Å². The van der Waals surface area contributed by atoms with Crippen molar-refractivity contribution >= 4 is 6.09 Å². The van der Waals surface area contributed by atoms with Gasteiger partial charge in [-0.2, -0.15) is 0 Å². The number of alkyl carbamates (subject to hydrolysis) is 1. The predicted molar refractivity (Wildman–Crippen MR) is 44.8 cm³/mol. The molecule has 0 aromatic rings. The van der Waals surface area contributed by atoms with Gasteiger partial charge in [0.2, 0.25) is 0 Å². The minimum atomic E-state index is -0.218. The minimum Gasteiger partial charge on any atom is -0.446 e. The van der Waals surface area contributed by atoms with E-state index >= 15 is 0 Å². The highest BCUT2D eigenvalue weighted by atomic mass is 16.6. The third-order valence-electron chi connectivity index (χ3n) is 2.88. The molecule has 2 fully saturated rings. The van der Waals surface area contributed by atoms with E-state index in [1.807, 2.05) is 0 Å². The molecular formula is C9H15NO2. The van der Waals surface area contributed by atoms with Crippen LogP contribution in [0.25, 0.3) is 0 Å². The van der Waals surface area contributed by atoms with Gasteiger partial charge in [0.05, 0.1) is 0 Å². The first kappa shape index (κ1) is 7.90. The summed E-state index contributed by atoms with van der Waals surface area (Å²) in [6.07, 6.45) is 5.91. The average Bonchev–Trinajstić information content (AvgIpc) is 2.25. The van der Waals surface area contributed by atoms with Gasteiger partial charge >= 0.3 is 6.09 Å². The fourth-order valence-corrected chi connectivity index (χ4v) is 2.20. The summed E-state index contributed by atoms with van der Waals surface area (Å²) in [4.78, 5) is 11.0. The summed E-state index contributed by atoms with van der Waals surface area (Å²) in [7, 11) is 0. The van der Waals surface area contributed by atoms with Crippen molar-refractivity contribution in [3.8, 4) is 0 Å². The Labute approximate surface area is 72.5 Å². The van der Waals surface area contributed by atoms with Crippen molar-refractivity contribution in [2.75, 3.05) is 6.54 Å². The quantitative estimate of drug-likeness (QED) is 0.599. The molecule has 0 radical (unpaired) electrons. The predicted octanol–water partition coefficient (Wildman–Crippen LogP) is 1.68. The third-order valence-corrected chi connectivity index (χ3v) is 2.88. The van der Waals surface area contributed by atoms with Gasteiger partial charge in [-0.25, -0.2) is 4.79 Å². The number of carbonyl (C=O) groups excluding carboxylic acids is 1. The zero-order valence-corrected chi connectivity index (χ0v) is 7.21. The van der Waals surface area contributed by atoms with Crippen LogP contribution in [0, 0.1) is 5.92 Å². The lowest BCUT2D eigenvalue weighted by Gasteiger charge is -2.28. The lowest BCUT2D eigenvalue weighted by molar-refractivity contribution is 0.0481. The molecule has 0 aromatic heterocycles. The molecule has 3 nitrogen and oxygen atoms in total. The molecule has 2 atom stereocenters. The molecule has 2 aliphatic rings. The number of ether oxygens (including phenoxy) is 1. The molecule has 1 saturated carbocycles. The first-order valence-corrected chi connectivity index (χ1v) is 4.81. The van der Waals surface area contributed by atoms with Crippen molar-refractivity contribution in [2.24, 2.45) is 5.92 Å². The SMILES string of the molecule is O=C1NCCC2CCCCC2O1. The molecule has 0 bridgehead atoms. The van der Waals surface area contributed by atoms with Gasteiger partial charge in [-0.1, -0.05) is 6.42 Å². The summed E-state index contributed by atoms with van der Waals surface area (Å²) in [6, 6.07) is 0. The lowest BCUT2D eigenvalue weighted by atomic mass is 9.84. The molecule has 68 valence electrons. The van der Waals surface area contributed by atoms with Crippen LogP contribution in [0.4, 0.5) is 4.79 Å². The molecule has 0 spiro atoms. The van der Waals surface area contributed by atoms with Crippen LogP contribution >= 0.6 is 0 Å². The van der Waals surface area contributed by atoms with Gasteiger partial charge in [0.25, 0.3) is 0 Å². The Morgan fingerprint density at radius 2 is 2.08 bits per heavy atom. The molecule has 3 heteroatoms. The normalized spacial score (nSPS) is 35.8. The number of nitrogens with one attached hydrogen (secondary N) is 1. The van der Waals surface area contributed by atoms with E-state index in [0.717, 1.165) is 19.4 Å². The van der Waals surface area contributed by atoms with Crippen molar-refractivity contribution < 1.29 is 9.53 Å². The number of fused-ring (bicyclic) bond motifs is 1. The molecule has 0 aromatic carbocycles. The molecule has 1 aliphatic heterocycles. The van der Waals surface area contributed by atoms with E-state index in [9.17, 15) is 4.79 Å². The summed E-state index contributed by atoms with van der Waals surface area (Å²) >= 11 is 0. The van der Waals surface area contributed by atoms with E-state index in [0.29, 0.717) is 5.92 Å². The number of carbonyl (C=O) groups is 1. The monoisotopic (exact) mass is 169 g/mol. The van der Waals surface area contributed by atoms with Gasteiger partial charge in [0, 0.05) is 6.54 Å². The van der Waals surface area contributed by atoms with E-state index in [2.05, 4.69) is 5.32 Å². The van der Waals surface area contributed by atoms with Crippen LogP contribution in [-0.4, -0.2) is 18.7 Å². The summed E-state index contributed by atoms with van der Waals surface area (Å²) < 4.78 is 5.27. The number of rotatable bonds is 0. The average molecular weight is 169 g/mol. The molecule has 1 saturated heterocycles. The first-order chi connectivity index (χ1) is 5.86. The lowest BCUT2D eigenvalue weighted by Crippen LogP contribution is -2.29. The van der Waals surface area contributed by atoms with Gasteiger partial charge in [-0.05, 0) is 31.6 Å². The zero-order valence-electron chi connectivity index (χ0n) is 7.21. The summed E-state index contributed by atoms with van der Waals surface area (Å²) in [6.45, 7) is 0.792. The van der Waals surface area contributed by atoms with Gasteiger partial charge < -0.3 is 10.1 Å². The molecule has 1 aliphatic carbocycles. The standard InChI is InChI=1S/C9H15NO2/c11-9-10-6-5-7-3-1-2-4-8(7)12-9/h7-8H,1-6H2,(H,10,11). The van der Waals surface area contributed by atoms with E-state index in [1.165, 1.54) is 19.3 Å². The number of hydrogen-bond acceptors (Lipinski definition) is 2. The largest absolute Gasteiger partial charge is 0.446 e. The van der Waals surface area contributed by atoms with Gasteiger partial charge in [0.15, 0.2) is 0 Å². The Hall–Kier alpha value is -0.730. The molecule has 12 heavy (non-hydrogen) atoms. The van der Waals surface area contributed by atoms with E-state index in [1.54, 1.807) is 0 Å². The van der Waals surface area contributed by atoms with Crippen LogP contribution in [0.2, 0.25) is 0 Å². The maximum Gasteiger partial charge on any atom is 0.407 e. The highest BCUT2D eigenvalue weighted by Crippen LogP contribution is 2.30. The fourth-order valence-electron chi connectivity index (χ4n) is 2.20. The maximum absolute atomic E-state index is 11.0. The summed E-state index contributed by atoms with van der Waals surface area (Å²) in [5, 5.41) is 2.74. The van der Waals surface area contributed by atoms with Crippen LogP contribution in [-0.2, 0) is 4.74 Å². The minimum absolute atomic E-state index is 0.209. The van der Waals surface area contributed by atoms with Crippen LogP contribution in [0.3, 0.4) is 0 Å². The third kappa shape index (κ3) is 1.54. The molecule has 2 rings (SSSR count). The number of hydrogen-bond donors (Lipinski definition) is 1. The summed E-state index contributed by atoms with van der Waals surface area (Å²) in [5.41, 5.74) is 0. The molecular weight excluding hydrogens is 154 g/mol. The molecule has 1 amide bonds.